The number of thiophene rings is 1. The first-order chi connectivity index (χ1) is 14.5. The minimum absolute atomic E-state index is 0.164. The normalized spacial score (nSPS) is 12.1. The van der Waals surface area contributed by atoms with Crippen LogP contribution in [0.4, 0.5) is 5.13 Å². The van der Waals surface area contributed by atoms with Crippen molar-refractivity contribution >= 4 is 45.5 Å². The Morgan fingerprint density at radius 1 is 1.23 bits per heavy atom. The molecule has 0 fully saturated rings. The molecule has 1 unspecified atom stereocenters. The fourth-order valence-corrected chi connectivity index (χ4v) is 4.92. The van der Waals surface area contributed by atoms with Gasteiger partial charge < -0.3 is 11.2 Å². The number of hydrogen-bond acceptors (Lipinski definition) is 8. The number of hydrogen-bond donors (Lipinski definition) is 2. The number of amides is 1. The lowest BCUT2D eigenvalue weighted by Crippen LogP contribution is -2.23. The van der Waals surface area contributed by atoms with Crippen LogP contribution in [0.1, 0.15) is 19.4 Å². The lowest BCUT2D eigenvalue weighted by Gasteiger charge is -2.09. The highest BCUT2D eigenvalue weighted by atomic mass is 32.2. The van der Waals surface area contributed by atoms with Crippen molar-refractivity contribution in [3.8, 4) is 22.0 Å². The van der Waals surface area contributed by atoms with Gasteiger partial charge in [-0.15, -0.1) is 32.9 Å². The molecular weight excluding hydrogens is 436 g/mol. The highest BCUT2D eigenvalue weighted by Crippen LogP contribution is 2.29. The molecular formula is C20H20N6OS3. The molecule has 154 valence electrons. The fourth-order valence-electron chi connectivity index (χ4n) is 2.72. The standard InChI is InChI=1S/C20H20N6OS3/c1-3-13-6-8-14(9-7-13)15-11-29-19(22-15)23-18(27)12(2)30-20-25-24-17(26(20)21)16-5-4-10-28-16/h4-12H,3,21H2,1-2H3,(H,22,23,27). The van der Waals surface area contributed by atoms with E-state index in [9.17, 15) is 4.79 Å². The molecule has 7 nitrogen and oxygen atoms in total. The van der Waals surface area contributed by atoms with Crippen molar-refractivity contribution < 1.29 is 4.79 Å². The molecule has 0 radical (unpaired) electrons. The van der Waals surface area contributed by atoms with Crippen molar-refractivity contribution in [1.82, 2.24) is 19.9 Å². The van der Waals surface area contributed by atoms with E-state index < -0.39 is 5.25 Å². The Hall–Kier alpha value is -2.69. The van der Waals surface area contributed by atoms with E-state index in [0.717, 1.165) is 22.6 Å². The number of anilines is 1. The van der Waals surface area contributed by atoms with Crippen LogP contribution in [0.25, 0.3) is 22.0 Å². The molecule has 3 N–H and O–H groups in total. The summed E-state index contributed by atoms with van der Waals surface area (Å²) in [5.74, 6) is 6.54. The molecule has 1 aromatic carbocycles. The number of carbonyl (C=O) groups excluding carboxylic acids is 1. The second kappa shape index (κ2) is 8.99. The average Bonchev–Trinajstić information content (AvgIpc) is 3.51. The Kier molecular flexibility index (Phi) is 6.16. The van der Waals surface area contributed by atoms with Crippen LogP contribution in [0.3, 0.4) is 0 Å². The maximum absolute atomic E-state index is 12.6. The summed E-state index contributed by atoms with van der Waals surface area (Å²) in [7, 11) is 0. The molecule has 0 spiro atoms. The quantitative estimate of drug-likeness (QED) is 0.313. The largest absolute Gasteiger partial charge is 0.335 e. The van der Waals surface area contributed by atoms with Gasteiger partial charge in [0.05, 0.1) is 15.8 Å². The van der Waals surface area contributed by atoms with Crippen LogP contribution in [-0.2, 0) is 11.2 Å². The van der Waals surface area contributed by atoms with Gasteiger partial charge in [0.15, 0.2) is 11.0 Å². The molecule has 0 bridgehead atoms. The minimum atomic E-state index is -0.413. The Bertz CT molecular complexity index is 1130. The van der Waals surface area contributed by atoms with Crippen LogP contribution < -0.4 is 11.2 Å². The Labute approximate surface area is 186 Å². The Morgan fingerprint density at radius 3 is 2.73 bits per heavy atom. The number of carbonyl (C=O) groups is 1. The monoisotopic (exact) mass is 456 g/mol. The van der Waals surface area contributed by atoms with E-state index in [0.29, 0.717) is 16.1 Å². The van der Waals surface area contributed by atoms with E-state index in [2.05, 4.69) is 51.7 Å². The summed E-state index contributed by atoms with van der Waals surface area (Å²) in [5, 5.41) is 15.7. The Balaban J connectivity index is 1.40. The van der Waals surface area contributed by atoms with E-state index >= 15 is 0 Å². The molecule has 0 saturated heterocycles. The summed E-state index contributed by atoms with van der Waals surface area (Å²) in [5.41, 5.74) is 3.16. The smallest absolute Gasteiger partial charge is 0.239 e. The molecule has 30 heavy (non-hydrogen) atoms. The van der Waals surface area contributed by atoms with E-state index in [-0.39, 0.29) is 5.91 Å². The second-order valence-corrected chi connectivity index (χ2v) is 9.60. The lowest BCUT2D eigenvalue weighted by atomic mass is 10.1. The molecule has 0 saturated carbocycles. The molecule has 0 aliphatic heterocycles. The number of aromatic nitrogens is 4. The van der Waals surface area contributed by atoms with Crippen molar-refractivity contribution in [2.75, 3.05) is 11.2 Å². The van der Waals surface area contributed by atoms with Gasteiger partial charge in [-0.3, -0.25) is 4.79 Å². The molecule has 1 amide bonds. The molecule has 3 heterocycles. The number of nitrogen functional groups attached to an aromatic ring is 1. The molecule has 3 aromatic heterocycles. The van der Waals surface area contributed by atoms with Crippen molar-refractivity contribution in [3.63, 3.8) is 0 Å². The van der Waals surface area contributed by atoms with Gasteiger partial charge in [0.1, 0.15) is 0 Å². The lowest BCUT2D eigenvalue weighted by molar-refractivity contribution is -0.115. The number of nitrogens with one attached hydrogen (secondary N) is 1. The first kappa shape index (κ1) is 20.6. The predicted molar refractivity (Wildman–Crippen MR) is 124 cm³/mol. The topological polar surface area (TPSA) is 98.7 Å². The highest BCUT2D eigenvalue weighted by molar-refractivity contribution is 8.00. The van der Waals surface area contributed by atoms with Crippen LogP contribution in [0.5, 0.6) is 0 Å². The zero-order valence-corrected chi connectivity index (χ0v) is 18.9. The minimum Gasteiger partial charge on any atom is -0.335 e. The number of thioether (sulfide) groups is 1. The Morgan fingerprint density at radius 2 is 2.03 bits per heavy atom. The first-order valence-corrected chi connectivity index (χ1v) is 12.0. The summed E-state index contributed by atoms with van der Waals surface area (Å²) in [4.78, 5) is 18.1. The van der Waals surface area contributed by atoms with Gasteiger partial charge in [0.2, 0.25) is 11.1 Å². The van der Waals surface area contributed by atoms with E-state index in [4.69, 9.17) is 5.84 Å². The molecule has 0 aliphatic rings. The number of benzene rings is 1. The number of nitrogens with zero attached hydrogens (tertiary/aromatic N) is 4. The van der Waals surface area contributed by atoms with E-state index in [1.54, 1.807) is 6.92 Å². The number of rotatable bonds is 7. The number of thiazole rings is 1. The third kappa shape index (κ3) is 4.40. The van der Waals surface area contributed by atoms with Crippen LogP contribution in [0.15, 0.2) is 52.3 Å². The van der Waals surface area contributed by atoms with Crippen LogP contribution >= 0.6 is 34.4 Å². The van der Waals surface area contributed by atoms with Crippen LogP contribution in [-0.4, -0.2) is 31.0 Å². The summed E-state index contributed by atoms with van der Waals surface area (Å²) in [6.45, 7) is 3.93. The first-order valence-electron chi connectivity index (χ1n) is 9.32. The zero-order chi connectivity index (χ0) is 21.1. The average molecular weight is 457 g/mol. The van der Waals surface area contributed by atoms with Crippen LogP contribution in [0, 0.1) is 0 Å². The van der Waals surface area contributed by atoms with Gasteiger partial charge in [-0.25, -0.2) is 9.66 Å². The molecule has 1 atom stereocenters. The van der Waals surface area contributed by atoms with Gasteiger partial charge in [-0.2, -0.15) is 0 Å². The number of nitrogens with two attached hydrogens (primary N) is 1. The maximum atomic E-state index is 12.6. The van der Waals surface area contributed by atoms with Crippen molar-refractivity contribution in [3.05, 3.63) is 52.7 Å². The third-order valence-electron chi connectivity index (χ3n) is 4.45. The SMILES string of the molecule is CCc1ccc(-c2csc(NC(=O)C(C)Sc3nnc(-c4cccs4)n3N)n2)cc1. The molecule has 4 aromatic rings. The van der Waals surface area contributed by atoms with E-state index in [1.165, 1.54) is 44.7 Å². The van der Waals surface area contributed by atoms with Crippen molar-refractivity contribution in [2.45, 2.75) is 30.7 Å². The molecule has 10 heteroatoms. The van der Waals surface area contributed by atoms with Crippen LogP contribution in [0.2, 0.25) is 0 Å². The fraction of sp³-hybridized carbons (Fsp3) is 0.200. The maximum Gasteiger partial charge on any atom is 0.239 e. The summed E-state index contributed by atoms with van der Waals surface area (Å²) < 4.78 is 1.42. The van der Waals surface area contributed by atoms with Crippen molar-refractivity contribution in [2.24, 2.45) is 0 Å². The highest BCUT2D eigenvalue weighted by Gasteiger charge is 2.21. The van der Waals surface area contributed by atoms with Gasteiger partial charge in [0, 0.05) is 10.9 Å². The second-order valence-electron chi connectivity index (χ2n) is 6.49. The van der Waals surface area contributed by atoms with Gasteiger partial charge in [0.25, 0.3) is 0 Å². The van der Waals surface area contributed by atoms with E-state index in [1.807, 2.05) is 22.9 Å². The third-order valence-corrected chi connectivity index (χ3v) is 7.13. The summed E-state index contributed by atoms with van der Waals surface area (Å²) in [6, 6.07) is 12.2. The van der Waals surface area contributed by atoms with Gasteiger partial charge in [-0.05, 0) is 30.4 Å². The predicted octanol–water partition coefficient (Wildman–Crippen LogP) is 4.53. The molecule has 0 aliphatic carbocycles. The zero-order valence-electron chi connectivity index (χ0n) is 16.4. The van der Waals surface area contributed by atoms with Gasteiger partial charge >= 0.3 is 0 Å². The number of aryl methyl sites for hydroxylation is 1. The van der Waals surface area contributed by atoms with Crippen molar-refractivity contribution in [1.29, 1.82) is 0 Å². The molecule has 4 rings (SSSR count). The summed E-state index contributed by atoms with van der Waals surface area (Å²) >= 11 is 4.19. The summed E-state index contributed by atoms with van der Waals surface area (Å²) in [6.07, 6.45) is 1.000. The van der Waals surface area contributed by atoms with Gasteiger partial charge in [-0.1, -0.05) is 49.0 Å².